The lowest BCUT2D eigenvalue weighted by molar-refractivity contribution is -0.384. The fourth-order valence-corrected chi connectivity index (χ4v) is 2.50. The van der Waals surface area contributed by atoms with Gasteiger partial charge in [-0.1, -0.05) is 6.07 Å². The number of nitro benzene ring substituents is 1. The van der Waals surface area contributed by atoms with Crippen molar-refractivity contribution in [1.82, 2.24) is 0 Å². The van der Waals surface area contributed by atoms with Gasteiger partial charge in [-0.2, -0.15) is 5.26 Å². The van der Waals surface area contributed by atoms with E-state index in [4.69, 9.17) is 10.4 Å². The molecule has 0 bridgehead atoms. The zero-order valence-electron chi connectivity index (χ0n) is 11.2. The number of benzene rings is 1. The Morgan fingerprint density at radius 3 is 2.70 bits per heavy atom. The zero-order chi connectivity index (χ0) is 14.5. The zero-order valence-corrected chi connectivity index (χ0v) is 11.2. The fraction of sp³-hybridized carbons (Fsp3) is 0.500. The summed E-state index contributed by atoms with van der Waals surface area (Å²) >= 11 is 0. The molecule has 1 heterocycles. The van der Waals surface area contributed by atoms with Gasteiger partial charge in [-0.05, 0) is 30.9 Å². The summed E-state index contributed by atoms with van der Waals surface area (Å²) in [5.74, 6) is -0.521. The molecule has 1 fully saturated rings. The predicted molar refractivity (Wildman–Crippen MR) is 74.4 cm³/mol. The van der Waals surface area contributed by atoms with Crippen molar-refractivity contribution >= 4 is 11.4 Å². The van der Waals surface area contributed by atoms with E-state index >= 15 is 0 Å². The molecule has 1 atom stereocenters. The Kier molecular flexibility index (Phi) is 4.53. The van der Waals surface area contributed by atoms with Gasteiger partial charge >= 0.3 is 0 Å². The third-order valence-corrected chi connectivity index (χ3v) is 3.57. The number of hydrogen-bond donors (Lipinski definition) is 1. The standard InChI is InChI=1S/C14H17N3O3/c15-9-12(10-18)7-11-3-4-13(14(8-11)17(19)20)16-5-1-2-6-16/h3-4,8,12,18H,1-2,5-7,10H2/t12-/m1/s1. The maximum absolute atomic E-state index is 11.2. The minimum absolute atomic E-state index is 0.0824. The molecule has 0 radical (unpaired) electrons. The van der Waals surface area contributed by atoms with Gasteiger partial charge < -0.3 is 10.0 Å². The van der Waals surface area contributed by atoms with Gasteiger partial charge in [0.15, 0.2) is 0 Å². The second-order valence-electron chi connectivity index (χ2n) is 4.99. The van der Waals surface area contributed by atoms with E-state index in [1.165, 1.54) is 6.07 Å². The van der Waals surface area contributed by atoms with Crippen LogP contribution in [-0.4, -0.2) is 29.7 Å². The lowest BCUT2D eigenvalue weighted by Crippen LogP contribution is -2.19. The lowest BCUT2D eigenvalue weighted by Gasteiger charge is -2.18. The van der Waals surface area contributed by atoms with E-state index in [0.717, 1.165) is 25.9 Å². The summed E-state index contributed by atoms with van der Waals surface area (Å²) in [7, 11) is 0. The van der Waals surface area contributed by atoms with Gasteiger partial charge in [0.1, 0.15) is 5.69 Å². The van der Waals surface area contributed by atoms with Crippen LogP contribution in [0, 0.1) is 27.4 Å². The van der Waals surface area contributed by atoms with Crippen molar-refractivity contribution < 1.29 is 10.0 Å². The third-order valence-electron chi connectivity index (χ3n) is 3.57. The van der Waals surface area contributed by atoms with Gasteiger partial charge in [-0.15, -0.1) is 0 Å². The molecule has 0 spiro atoms. The normalized spacial score (nSPS) is 15.9. The van der Waals surface area contributed by atoms with Crippen molar-refractivity contribution in [2.75, 3.05) is 24.6 Å². The molecular weight excluding hydrogens is 258 g/mol. The molecule has 1 aromatic rings. The van der Waals surface area contributed by atoms with E-state index in [1.54, 1.807) is 12.1 Å². The van der Waals surface area contributed by atoms with Crippen LogP contribution in [0.4, 0.5) is 11.4 Å². The monoisotopic (exact) mass is 275 g/mol. The molecule has 0 aromatic heterocycles. The second-order valence-corrected chi connectivity index (χ2v) is 4.99. The van der Waals surface area contributed by atoms with Crippen LogP contribution in [0.5, 0.6) is 0 Å². The second kappa shape index (κ2) is 6.35. The van der Waals surface area contributed by atoms with Gasteiger partial charge in [0.25, 0.3) is 5.69 Å². The number of nitro groups is 1. The van der Waals surface area contributed by atoms with Crippen LogP contribution >= 0.6 is 0 Å². The van der Waals surface area contributed by atoms with Crippen LogP contribution in [0.15, 0.2) is 18.2 Å². The van der Waals surface area contributed by atoms with Crippen LogP contribution < -0.4 is 4.90 Å². The molecule has 0 saturated carbocycles. The minimum Gasteiger partial charge on any atom is -0.395 e. The minimum atomic E-state index is -0.521. The van der Waals surface area contributed by atoms with Crippen molar-refractivity contribution in [2.24, 2.45) is 5.92 Å². The van der Waals surface area contributed by atoms with E-state index in [9.17, 15) is 10.1 Å². The Bertz CT molecular complexity index is 533. The Balaban J connectivity index is 2.28. The average Bonchev–Trinajstić information content (AvgIpc) is 2.98. The first-order chi connectivity index (χ1) is 9.65. The molecule has 1 saturated heterocycles. The molecule has 1 aliphatic rings. The summed E-state index contributed by atoms with van der Waals surface area (Å²) in [5, 5.41) is 29.1. The lowest BCUT2D eigenvalue weighted by atomic mass is 10.0. The van der Waals surface area contributed by atoms with Gasteiger partial charge in [0.05, 0.1) is 23.5 Å². The van der Waals surface area contributed by atoms with Crippen molar-refractivity contribution in [1.29, 1.82) is 5.26 Å². The molecule has 0 amide bonds. The maximum atomic E-state index is 11.2. The van der Waals surface area contributed by atoms with Crippen LogP contribution in [0.2, 0.25) is 0 Å². The van der Waals surface area contributed by atoms with E-state index in [-0.39, 0.29) is 17.2 Å². The Morgan fingerprint density at radius 2 is 2.15 bits per heavy atom. The van der Waals surface area contributed by atoms with Gasteiger partial charge in [0, 0.05) is 19.2 Å². The molecule has 1 N–H and O–H groups in total. The summed E-state index contributed by atoms with van der Waals surface area (Å²) in [6, 6.07) is 7.07. The van der Waals surface area contributed by atoms with Crippen molar-refractivity contribution in [2.45, 2.75) is 19.3 Å². The highest BCUT2D eigenvalue weighted by Gasteiger charge is 2.23. The number of nitrogens with zero attached hydrogens (tertiary/aromatic N) is 3. The van der Waals surface area contributed by atoms with Gasteiger partial charge in [-0.25, -0.2) is 0 Å². The van der Waals surface area contributed by atoms with Crippen LogP contribution in [-0.2, 0) is 6.42 Å². The van der Waals surface area contributed by atoms with Crippen molar-refractivity contribution in [3.63, 3.8) is 0 Å². The molecule has 0 aliphatic carbocycles. The SMILES string of the molecule is N#C[C@H](CO)Cc1ccc(N2CCCC2)c([N+](=O)[O-])c1. The molecule has 2 rings (SSSR count). The average molecular weight is 275 g/mol. The summed E-state index contributed by atoms with van der Waals surface area (Å²) < 4.78 is 0. The first kappa shape index (κ1) is 14.3. The number of rotatable bonds is 5. The van der Waals surface area contributed by atoms with Gasteiger partial charge in [0.2, 0.25) is 0 Å². The molecule has 0 unspecified atom stereocenters. The van der Waals surface area contributed by atoms with Gasteiger partial charge in [-0.3, -0.25) is 10.1 Å². The predicted octanol–water partition coefficient (Wildman–Crippen LogP) is 1.87. The smallest absolute Gasteiger partial charge is 0.292 e. The van der Waals surface area contributed by atoms with Crippen molar-refractivity contribution in [3.8, 4) is 6.07 Å². The van der Waals surface area contributed by atoms with E-state index in [1.807, 2.05) is 11.0 Å². The highest BCUT2D eigenvalue weighted by molar-refractivity contribution is 5.64. The number of hydrogen-bond acceptors (Lipinski definition) is 5. The molecular formula is C14H17N3O3. The number of nitriles is 1. The quantitative estimate of drug-likeness (QED) is 0.654. The molecule has 6 heteroatoms. The Morgan fingerprint density at radius 1 is 1.45 bits per heavy atom. The van der Waals surface area contributed by atoms with E-state index in [2.05, 4.69) is 0 Å². The largest absolute Gasteiger partial charge is 0.395 e. The van der Waals surface area contributed by atoms with E-state index in [0.29, 0.717) is 17.7 Å². The first-order valence-corrected chi connectivity index (χ1v) is 6.68. The highest BCUT2D eigenvalue weighted by atomic mass is 16.6. The summed E-state index contributed by atoms with van der Waals surface area (Å²) in [4.78, 5) is 12.9. The number of anilines is 1. The summed E-state index contributed by atoms with van der Waals surface area (Å²) in [6.07, 6.45) is 2.44. The van der Waals surface area contributed by atoms with Crippen molar-refractivity contribution in [3.05, 3.63) is 33.9 Å². The van der Waals surface area contributed by atoms with E-state index < -0.39 is 5.92 Å². The van der Waals surface area contributed by atoms with Crippen LogP contribution in [0.25, 0.3) is 0 Å². The highest BCUT2D eigenvalue weighted by Crippen LogP contribution is 2.32. The number of aliphatic hydroxyl groups is 1. The molecule has 20 heavy (non-hydrogen) atoms. The third kappa shape index (κ3) is 3.06. The summed E-state index contributed by atoms with van der Waals surface area (Å²) in [6.45, 7) is 1.45. The first-order valence-electron chi connectivity index (χ1n) is 6.68. The van der Waals surface area contributed by atoms with Crippen LogP contribution in [0.3, 0.4) is 0 Å². The summed E-state index contributed by atoms with van der Waals surface area (Å²) in [5.41, 5.74) is 1.44. The topological polar surface area (TPSA) is 90.4 Å². The molecule has 1 aromatic carbocycles. The molecule has 6 nitrogen and oxygen atoms in total. The van der Waals surface area contributed by atoms with Crippen LogP contribution in [0.1, 0.15) is 18.4 Å². The molecule has 106 valence electrons. The number of aliphatic hydroxyl groups excluding tert-OH is 1. The fourth-order valence-electron chi connectivity index (χ4n) is 2.50. The maximum Gasteiger partial charge on any atom is 0.292 e. The Labute approximate surface area is 117 Å². The Hall–Kier alpha value is -2.13. The molecule has 1 aliphatic heterocycles.